The highest BCUT2D eigenvalue weighted by atomic mass is 16.5. The summed E-state index contributed by atoms with van der Waals surface area (Å²) in [5, 5.41) is 0. The molecule has 0 aromatic heterocycles. The molecule has 172 valence electrons. The lowest BCUT2D eigenvalue weighted by atomic mass is 9.47. The Bertz CT molecular complexity index is 902. The maximum atomic E-state index is 12.7. The van der Waals surface area contributed by atoms with Gasteiger partial charge in [-0.25, -0.2) is 0 Å². The molecule has 3 nitrogen and oxygen atoms in total. The van der Waals surface area contributed by atoms with E-state index in [1.807, 2.05) is 12.1 Å². The van der Waals surface area contributed by atoms with E-state index in [0.29, 0.717) is 36.4 Å². The Morgan fingerprint density at radius 3 is 2.62 bits per heavy atom. The summed E-state index contributed by atoms with van der Waals surface area (Å²) in [5.74, 6) is 2.37. The lowest BCUT2D eigenvalue weighted by Gasteiger charge is -2.57. The van der Waals surface area contributed by atoms with Crippen molar-refractivity contribution in [1.29, 1.82) is 0 Å². The summed E-state index contributed by atoms with van der Waals surface area (Å²) in [5.41, 5.74) is 3.05. The maximum absolute atomic E-state index is 12.7. The van der Waals surface area contributed by atoms with Crippen molar-refractivity contribution in [3.63, 3.8) is 0 Å². The van der Waals surface area contributed by atoms with Gasteiger partial charge in [0, 0.05) is 18.3 Å². The number of esters is 1. The molecule has 1 aromatic rings. The van der Waals surface area contributed by atoms with E-state index < -0.39 is 0 Å². The monoisotopic (exact) mass is 434 g/mol. The average Bonchev–Trinajstić information content (AvgIpc) is 3.11. The number of hydrogen-bond acceptors (Lipinski definition) is 3. The molecule has 0 heterocycles. The van der Waals surface area contributed by atoms with Crippen LogP contribution in [0, 0.1) is 28.6 Å². The summed E-state index contributed by atoms with van der Waals surface area (Å²) >= 11 is 0. The van der Waals surface area contributed by atoms with Crippen LogP contribution in [0.25, 0.3) is 0 Å². The molecular formula is C29H38O3. The van der Waals surface area contributed by atoms with E-state index in [1.54, 1.807) is 0 Å². The summed E-state index contributed by atoms with van der Waals surface area (Å²) < 4.78 is 6.15. The summed E-state index contributed by atoms with van der Waals surface area (Å²) in [6, 6.07) is 10.4. The fourth-order valence-electron chi connectivity index (χ4n) is 8.00. The van der Waals surface area contributed by atoms with Crippen LogP contribution in [-0.4, -0.2) is 17.9 Å². The molecule has 0 radical (unpaired) electrons. The van der Waals surface area contributed by atoms with Crippen LogP contribution in [0.2, 0.25) is 0 Å². The van der Waals surface area contributed by atoms with Crippen molar-refractivity contribution < 1.29 is 14.3 Å². The first-order valence-electron chi connectivity index (χ1n) is 12.9. The highest BCUT2D eigenvalue weighted by molar-refractivity contribution is 5.91. The number of allylic oxidation sites excluding steroid dienone is 1. The normalized spacial score (nSPS) is 38.3. The smallest absolute Gasteiger partial charge is 0.306 e. The van der Waals surface area contributed by atoms with Gasteiger partial charge in [0.05, 0.1) is 0 Å². The number of carbonyl (C=O) groups is 2. The predicted molar refractivity (Wildman–Crippen MR) is 126 cm³/mol. The number of benzene rings is 1. The van der Waals surface area contributed by atoms with Crippen molar-refractivity contribution in [3.8, 4) is 0 Å². The van der Waals surface area contributed by atoms with E-state index >= 15 is 0 Å². The molecule has 4 aliphatic rings. The molecule has 5 rings (SSSR count). The molecule has 3 heteroatoms. The van der Waals surface area contributed by atoms with Gasteiger partial charge in [0.2, 0.25) is 0 Å². The molecule has 0 unspecified atom stereocenters. The van der Waals surface area contributed by atoms with Gasteiger partial charge in [-0.1, -0.05) is 49.8 Å². The fraction of sp³-hybridized carbons (Fsp3) is 0.655. The molecule has 3 fully saturated rings. The zero-order chi connectivity index (χ0) is 22.3. The lowest BCUT2D eigenvalue weighted by molar-refractivity contribution is -0.160. The zero-order valence-corrected chi connectivity index (χ0v) is 19.8. The molecular weight excluding hydrogens is 396 g/mol. The van der Waals surface area contributed by atoms with Gasteiger partial charge in [-0.2, -0.15) is 0 Å². The first-order valence-corrected chi connectivity index (χ1v) is 12.9. The Kier molecular flexibility index (Phi) is 5.80. The van der Waals surface area contributed by atoms with Crippen molar-refractivity contribution in [2.75, 3.05) is 0 Å². The van der Waals surface area contributed by atoms with Crippen LogP contribution in [0.15, 0.2) is 42.0 Å². The van der Waals surface area contributed by atoms with Gasteiger partial charge in [0.15, 0.2) is 5.78 Å². The van der Waals surface area contributed by atoms with E-state index in [-0.39, 0.29) is 22.9 Å². The van der Waals surface area contributed by atoms with Crippen molar-refractivity contribution >= 4 is 11.8 Å². The van der Waals surface area contributed by atoms with Gasteiger partial charge in [0.25, 0.3) is 0 Å². The van der Waals surface area contributed by atoms with Crippen LogP contribution in [0.4, 0.5) is 0 Å². The Morgan fingerprint density at radius 1 is 1.00 bits per heavy atom. The molecule has 0 N–H and O–H groups in total. The van der Waals surface area contributed by atoms with Gasteiger partial charge < -0.3 is 4.74 Å². The molecule has 3 saturated carbocycles. The molecule has 0 bridgehead atoms. The fourth-order valence-corrected chi connectivity index (χ4v) is 8.00. The number of ether oxygens (including phenoxy) is 1. The molecule has 0 saturated heterocycles. The standard InChI is InChI=1S/C29H38O3/c1-28-17-15-22(30)19-21(28)11-12-23-24-13-14-26(29(24,2)18-16-25(23)28)32-27(31)10-6-9-20-7-4-3-5-8-20/h3-5,7-8,19,23-26H,6,9-18H2,1-2H3/t23-,24-,25-,26-,28-,29-/m0/s1. The van der Waals surface area contributed by atoms with Gasteiger partial charge in [-0.3, -0.25) is 9.59 Å². The van der Waals surface area contributed by atoms with Crippen LogP contribution in [-0.2, 0) is 20.7 Å². The summed E-state index contributed by atoms with van der Waals surface area (Å²) in [6.45, 7) is 4.84. The minimum atomic E-state index is -0.0125. The van der Waals surface area contributed by atoms with E-state index in [9.17, 15) is 9.59 Å². The van der Waals surface area contributed by atoms with Gasteiger partial charge in [-0.15, -0.1) is 0 Å². The average molecular weight is 435 g/mol. The predicted octanol–water partition coefficient (Wildman–Crippen LogP) is 6.45. The van der Waals surface area contributed by atoms with Crippen molar-refractivity contribution in [2.45, 2.75) is 90.6 Å². The van der Waals surface area contributed by atoms with E-state index in [2.05, 4.69) is 38.1 Å². The Labute approximate surface area is 193 Å². The van der Waals surface area contributed by atoms with Crippen LogP contribution in [0.5, 0.6) is 0 Å². The van der Waals surface area contributed by atoms with Crippen LogP contribution in [0.1, 0.15) is 83.6 Å². The molecule has 6 atom stereocenters. The summed E-state index contributed by atoms with van der Waals surface area (Å²) in [7, 11) is 0. The lowest BCUT2D eigenvalue weighted by Crippen LogP contribution is -2.51. The number of ketones is 1. The van der Waals surface area contributed by atoms with Crippen LogP contribution < -0.4 is 0 Å². The number of fused-ring (bicyclic) bond motifs is 5. The van der Waals surface area contributed by atoms with Crippen molar-refractivity contribution in [1.82, 2.24) is 0 Å². The second kappa shape index (κ2) is 8.47. The molecule has 4 aliphatic carbocycles. The van der Waals surface area contributed by atoms with Crippen molar-refractivity contribution in [2.24, 2.45) is 28.6 Å². The number of aryl methyl sites for hydroxylation is 1. The second-order valence-electron chi connectivity index (χ2n) is 11.4. The highest BCUT2D eigenvalue weighted by Gasteiger charge is 2.59. The van der Waals surface area contributed by atoms with E-state index in [4.69, 9.17) is 4.74 Å². The highest BCUT2D eigenvalue weighted by Crippen LogP contribution is 2.65. The summed E-state index contributed by atoms with van der Waals surface area (Å²) in [6.07, 6.45) is 13.0. The Hall–Kier alpha value is -1.90. The molecule has 1 aromatic carbocycles. The van der Waals surface area contributed by atoms with Crippen LogP contribution >= 0.6 is 0 Å². The number of rotatable bonds is 5. The third-order valence-electron chi connectivity index (χ3n) is 9.84. The Balaban J connectivity index is 1.22. The number of carbonyl (C=O) groups excluding carboxylic acids is 2. The van der Waals surface area contributed by atoms with Gasteiger partial charge in [0.1, 0.15) is 6.10 Å². The molecule has 0 amide bonds. The largest absolute Gasteiger partial charge is 0.462 e. The topological polar surface area (TPSA) is 43.4 Å². The number of hydrogen-bond donors (Lipinski definition) is 0. The molecule has 32 heavy (non-hydrogen) atoms. The Morgan fingerprint density at radius 2 is 1.81 bits per heavy atom. The minimum Gasteiger partial charge on any atom is -0.462 e. The SMILES string of the molecule is C[C@]12CC[C@H]3[C@@H](CCC4=CC(=O)CC[C@@]43C)[C@@H]1CC[C@@H]2OC(=O)CCCc1ccccc1. The molecule has 0 spiro atoms. The first kappa shape index (κ1) is 21.9. The van der Waals surface area contributed by atoms with Gasteiger partial charge in [-0.05, 0) is 92.6 Å². The molecule has 0 aliphatic heterocycles. The van der Waals surface area contributed by atoms with Crippen LogP contribution in [0.3, 0.4) is 0 Å². The van der Waals surface area contributed by atoms with E-state index in [1.165, 1.54) is 30.4 Å². The third-order valence-corrected chi connectivity index (χ3v) is 9.84. The maximum Gasteiger partial charge on any atom is 0.306 e. The van der Waals surface area contributed by atoms with E-state index in [0.717, 1.165) is 38.5 Å². The third kappa shape index (κ3) is 3.76. The minimum absolute atomic E-state index is 0.0125. The quantitative estimate of drug-likeness (QED) is 0.500. The first-order chi connectivity index (χ1) is 15.4. The van der Waals surface area contributed by atoms with Gasteiger partial charge >= 0.3 is 5.97 Å². The second-order valence-corrected chi connectivity index (χ2v) is 11.4. The zero-order valence-electron chi connectivity index (χ0n) is 19.8. The summed E-state index contributed by atoms with van der Waals surface area (Å²) in [4.78, 5) is 24.7. The van der Waals surface area contributed by atoms with Crippen molar-refractivity contribution in [3.05, 3.63) is 47.5 Å².